The van der Waals surface area contributed by atoms with Crippen LogP contribution in [0.4, 0.5) is 0 Å². The molecule has 0 fully saturated rings. The van der Waals surface area contributed by atoms with E-state index in [0.29, 0.717) is 0 Å². The first kappa shape index (κ1) is 3.87. The number of hydrogen-bond donors (Lipinski definition) is 0. The lowest BCUT2D eigenvalue weighted by Gasteiger charge is -1.52. The molecule has 0 atom stereocenters. The zero-order valence-corrected chi connectivity index (χ0v) is 3.58. The highest BCUT2D eigenvalue weighted by molar-refractivity contribution is 5.96. The number of hydrogen-bond acceptors (Lipinski definition) is 0. The molecule has 0 rings (SSSR count). The van der Waals surface area contributed by atoms with E-state index in [9.17, 15) is 0 Å². The smallest absolute Gasteiger partial charge is 0.105 e. The van der Waals surface area contributed by atoms with Crippen molar-refractivity contribution in [3.8, 4) is 5.50 Å². The molecule has 0 N–H and O–H groups in total. The summed E-state index contributed by atoms with van der Waals surface area (Å²) in [4.78, 5) is 0. The van der Waals surface area contributed by atoms with Gasteiger partial charge in [0.2, 0.25) is 0 Å². The van der Waals surface area contributed by atoms with Crippen LogP contribution in [0.2, 0.25) is 0 Å². The Hall–Kier alpha value is -0.133. The van der Waals surface area contributed by atoms with Crippen LogP contribution in [-0.4, -0.2) is 9.68 Å². The summed E-state index contributed by atoms with van der Waals surface area (Å²) in [6, 6.07) is 0. The molecule has 0 saturated heterocycles. The summed E-state index contributed by atoms with van der Waals surface area (Å²) in [7, 11) is 2.98. The van der Waals surface area contributed by atoms with Crippen molar-refractivity contribution in [2.24, 2.45) is 0 Å². The second-order valence-corrected chi connectivity index (χ2v) is 0.722. The van der Waals surface area contributed by atoms with Gasteiger partial charge in [0.15, 0.2) is 0 Å². The molecule has 0 radical (unpaired) electrons. The predicted octanol–water partition coefficient (Wildman–Crippen LogP) is 0.338. The molecule has 0 bridgehead atoms. The first-order chi connectivity index (χ1) is 1.91. The minimum Gasteiger partial charge on any atom is -0.577 e. The summed E-state index contributed by atoms with van der Waals surface area (Å²) in [5.41, 5.74) is 2.61. The summed E-state index contributed by atoms with van der Waals surface area (Å²) in [5.74, 6) is 0. The highest BCUT2D eigenvalue weighted by atomic mass is 28.1. The average molecular weight is 68.2 g/mol. The minimum atomic E-state index is 1.79. The lowest BCUT2D eigenvalue weighted by atomic mass is 10.6. The van der Waals surface area contributed by atoms with E-state index in [0.717, 1.165) is 0 Å². The third-order valence-electron chi connectivity index (χ3n) is 0.144. The van der Waals surface area contributed by atoms with Crippen LogP contribution >= 0.6 is 0 Å². The summed E-state index contributed by atoms with van der Waals surface area (Å²) in [6.07, 6.45) is 1.79. The van der Waals surface area contributed by atoms with Crippen LogP contribution in [-0.2, 0) is 0 Å². The summed E-state index contributed by atoms with van der Waals surface area (Å²) < 4.78 is 0. The fourth-order valence-electron chi connectivity index (χ4n) is 0. The van der Waals surface area contributed by atoms with Crippen molar-refractivity contribution in [2.45, 2.75) is 6.92 Å². The largest absolute Gasteiger partial charge is 0.577 e. The molecule has 0 saturated carbocycles. The molecule has 0 aliphatic rings. The molecule has 0 aliphatic heterocycles. The first-order valence-corrected chi connectivity index (χ1v) is 1.62. The Labute approximate surface area is 29.5 Å². The summed E-state index contributed by atoms with van der Waals surface area (Å²) in [6.45, 7) is 1.90. The normalized spacial score (nSPS) is 4.00. The maximum absolute atomic E-state index is 2.98. The van der Waals surface area contributed by atoms with Crippen LogP contribution in [0.1, 0.15) is 6.92 Å². The molecule has 0 aromatic heterocycles. The summed E-state index contributed by atoms with van der Waals surface area (Å²) in [5, 5.41) is 0. The maximum atomic E-state index is 2.98. The van der Waals surface area contributed by atoms with Gasteiger partial charge in [-0.25, -0.2) is 0 Å². The molecule has 0 aliphatic carbocycles. The van der Waals surface area contributed by atoms with Gasteiger partial charge >= 0.3 is 0 Å². The molecule has 0 unspecified atom stereocenters. The van der Waals surface area contributed by atoms with Crippen molar-refractivity contribution in [1.29, 1.82) is 0 Å². The van der Waals surface area contributed by atoms with Gasteiger partial charge in [-0.3, -0.25) is 0 Å². The van der Waals surface area contributed by atoms with E-state index in [1.165, 1.54) is 0 Å². The summed E-state index contributed by atoms with van der Waals surface area (Å²) >= 11 is 0. The molecule has 0 aromatic carbocycles. The zero-order valence-electron chi connectivity index (χ0n) is 2.58. The third-order valence-corrected chi connectivity index (χ3v) is 0.433. The Kier molecular flexibility index (Phi) is 2.77. The highest BCUT2D eigenvalue weighted by Crippen LogP contribution is 1.54. The van der Waals surface area contributed by atoms with E-state index in [-0.39, 0.29) is 0 Å². The average Bonchev–Trinajstić information content (AvgIpc) is 1.37. The zero-order chi connectivity index (χ0) is 3.41. The Morgan fingerprint density at radius 1 is 2.00 bits per heavy atom. The predicted molar refractivity (Wildman–Crippen MR) is 19.6 cm³/mol. The Balaban J connectivity index is 2.43. The fraction of sp³-hybridized carbons (Fsp3) is 0.333. The van der Waals surface area contributed by atoms with Crippen molar-refractivity contribution >= 4 is 9.68 Å². The number of rotatable bonds is 0. The van der Waals surface area contributed by atoms with Gasteiger partial charge in [-0.05, 0) is 0 Å². The molecule has 0 spiro atoms. The van der Waals surface area contributed by atoms with Crippen LogP contribution in [0, 0.1) is 11.9 Å². The van der Waals surface area contributed by atoms with Gasteiger partial charge in [-0.1, -0.05) is 0 Å². The van der Waals surface area contributed by atoms with Gasteiger partial charge < -0.3 is 9.68 Å². The van der Waals surface area contributed by atoms with Gasteiger partial charge in [0.05, 0.1) is 6.92 Å². The Bertz CT molecular complexity index is 33.0. The van der Waals surface area contributed by atoms with E-state index in [2.05, 4.69) is 15.2 Å². The molecule has 20 valence electrons. The standard InChI is InChI=1S/C3H4Si/c1-2-3-4/h2H,1H3. The Morgan fingerprint density at radius 3 is 2.25 bits per heavy atom. The lowest BCUT2D eigenvalue weighted by Crippen LogP contribution is -1.44. The molecular formula is C3H4Si. The van der Waals surface area contributed by atoms with Crippen molar-refractivity contribution < 1.29 is 0 Å². The van der Waals surface area contributed by atoms with E-state index in [4.69, 9.17) is 0 Å². The fourth-order valence-corrected chi connectivity index (χ4v) is 0. The maximum Gasteiger partial charge on any atom is 0.105 e. The highest BCUT2D eigenvalue weighted by Gasteiger charge is 1.49. The third kappa shape index (κ3) is 1.87. The Morgan fingerprint density at radius 2 is 2.25 bits per heavy atom. The second-order valence-electron chi connectivity index (χ2n) is 0.433. The first-order valence-electron chi connectivity index (χ1n) is 1.12. The molecule has 0 heterocycles. The van der Waals surface area contributed by atoms with Gasteiger partial charge in [0, 0.05) is 0 Å². The SMILES string of the molecule is C[CH+]C#[Si-]. The molecule has 1 heteroatoms. The van der Waals surface area contributed by atoms with Crippen LogP contribution in [0.25, 0.3) is 0 Å². The van der Waals surface area contributed by atoms with E-state index < -0.39 is 0 Å². The van der Waals surface area contributed by atoms with Crippen molar-refractivity contribution in [3.05, 3.63) is 6.42 Å². The van der Waals surface area contributed by atoms with Crippen molar-refractivity contribution in [3.63, 3.8) is 0 Å². The molecule has 0 aromatic rings. The molecule has 0 nitrogen and oxygen atoms in total. The van der Waals surface area contributed by atoms with Crippen LogP contribution < -0.4 is 0 Å². The second kappa shape index (κ2) is 2.87. The van der Waals surface area contributed by atoms with E-state index in [1.807, 2.05) is 6.92 Å². The van der Waals surface area contributed by atoms with E-state index >= 15 is 0 Å². The molecule has 4 heavy (non-hydrogen) atoms. The van der Waals surface area contributed by atoms with Gasteiger partial charge in [0.25, 0.3) is 0 Å². The monoisotopic (exact) mass is 68.0 g/mol. The van der Waals surface area contributed by atoms with Gasteiger partial charge in [-0.15, -0.1) is 0 Å². The van der Waals surface area contributed by atoms with E-state index in [1.54, 1.807) is 6.42 Å². The van der Waals surface area contributed by atoms with Gasteiger partial charge in [0.1, 0.15) is 6.42 Å². The van der Waals surface area contributed by atoms with Crippen LogP contribution in [0.15, 0.2) is 0 Å². The van der Waals surface area contributed by atoms with Crippen LogP contribution in [0.3, 0.4) is 0 Å². The van der Waals surface area contributed by atoms with Crippen LogP contribution in [0.5, 0.6) is 0 Å². The lowest BCUT2D eigenvalue weighted by molar-refractivity contribution is 1.63. The topological polar surface area (TPSA) is 0 Å². The van der Waals surface area contributed by atoms with Crippen molar-refractivity contribution in [1.82, 2.24) is 0 Å². The molecule has 0 amide bonds. The molecular weight excluding hydrogens is 64.1 g/mol. The van der Waals surface area contributed by atoms with Crippen molar-refractivity contribution in [2.75, 3.05) is 0 Å². The minimum absolute atomic E-state index is 1.79. The van der Waals surface area contributed by atoms with Gasteiger partial charge in [-0.2, -0.15) is 5.50 Å². The quantitative estimate of drug-likeness (QED) is 0.283.